The molecule has 134 valence electrons. The Labute approximate surface area is 156 Å². The van der Waals surface area contributed by atoms with Crippen LogP contribution in [0.3, 0.4) is 0 Å². The fraction of sp³-hybridized carbons (Fsp3) is 0.250. The maximum absolute atomic E-state index is 4.71. The highest BCUT2D eigenvalue weighted by Crippen LogP contribution is 2.28. The summed E-state index contributed by atoms with van der Waals surface area (Å²) in [7, 11) is 0. The minimum Gasteiger partial charge on any atom is -0.350 e. The van der Waals surface area contributed by atoms with Crippen LogP contribution in [0.2, 0.25) is 0 Å². The quantitative estimate of drug-likeness (QED) is 0.549. The van der Waals surface area contributed by atoms with Crippen LogP contribution in [-0.4, -0.2) is 36.3 Å². The standard InChI is InChI=1S/C20H19N7/c1-13-7-19-24-23-12-27(19)25-20(13)26-6-5-18-17(11-26)8-16(10-22-18)15-4-3-14(2)21-9-15/h3-4,7-10,12H,5-6,11H2,1-2H3. The summed E-state index contributed by atoms with van der Waals surface area (Å²) < 4.78 is 1.73. The Balaban J connectivity index is 1.50. The van der Waals surface area contributed by atoms with E-state index in [1.54, 1.807) is 10.8 Å². The van der Waals surface area contributed by atoms with Crippen LogP contribution >= 0.6 is 0 Å². The van der Waals surface area contributed by atoms with Crippen LogP contribution in [0.25, 0.3) is 16.8 Å². The molecule has 1 aliphatic rings. The molecule has 0 unspecified atom stereocenters. The van der Waals surface area contributed by atoms with Gasteiger partial charge in [-0.2, -0.15) is 4.52 Å². The summed E-state index contributed by atoms with van der Waals surface area (Å²) in [6.45, 7) is 5.75. The van der Waals surface area contributed by atoms with Crippen LogP contribution in [0.15, 0.2) is 43.0 Å². The predicted molar refractivity (Wildman–Crippen MR) is 102 cm³/mol. The van der Waals surface area contributed by atoms with Gasteiger partial charge in [0.2, 0.25) is 0 Å². The predicted octanol–water partition coefficient (Wildman–Crippen LogP) is 2.76. The first kappa shape index (κ1) is 15.9. The molecule has 5 rings (SSSR count). The largest absolute Gasteiger partial charge is 0.350 e. The molecule has 0 bridgehead atoms. The van der Waals surface area contributed by atoms with Gasteiger partial charge in [0.1, 0.15) is 6.33 Å². The van der Waals surface area contributed by atoms with Crippen molar-refractivity contribution < 1.29 is 0 Å². The number of aryl methyl sites for hydroxylation is 2. The molecule has 0 atom stereocenters. The molecule has 0 amide bonds. The summed E-state index contributed by atoms with van der Waals surface area (Å²) in [5.74, 6) is 0.968. The zero-order valence-corrected chi connectivity index (χ0v) is 15.3. The van der Waals surface area contributed by atoms with Gasteiger partial charge in [-0.25, -0.2) is 0 Å². The first-order chi connectivity index (χ1) is 13.2. The van der Waals surface area contributed by atoms with E-state index in [0.29, 0.717) is 0 Å². The number of nitrogens with zero attached hydrogens (tertiary/aromatic N) is 7. The van der Waals surface area contributed by atoms with E-state index in [4.69, 9.17) is 10.1 Å². The lowest BCUT2D eigenvalue weighted by atomic mass is 10.0. The molecule has 0 saturated carbocycles. The number of pyridine rings is 2. The van der Waals surface area contributed by atoms with Crippen molar-refractivity contribution in [1.29, 1.82) is 0 Å². The van der Waals surface area contributed by atoms with Crippen LogP contribution < -0.4 is 4.90 Å². The Bertz CT molecular complexity index is 1130. The normalized spacial score (nSPS) is 13.8. The second kappa shape index (κ2) is 6.12. The summed E-state index contributed by atoms with van der Waals surface area (Å²) >= 11 is 0. The molecule has 1 aliphatic heterocycles. The van der Waals surface area contributed by atoms with E-state index in [1.807, 2.05) is 31.5 Å². The van der Waals surface area contributed by atoms with Crippen molar-refractivity contribution >= 4 is 11.5 Å². The van der Waals surface area contributed by atoms with Gasteiger partial charge >= 0.3 is 0 Å². The van der Waals surface area contributed by atoms with Gasteiger partial charge in [-0.15, -0.1) is 15.3 Å². The lowest BCUT2D eigenvalue weighted by Gasteiger charge is -2.30. The van der Waals surface area contributed by atoms with Crippen LogP contribution in [0.1, 0.15) is 22.5 Å². The molecule has 0 fully saturated rings. The number of fused-ring (bicyclic) bond motifs is 2. The lowest BCUT2D eigenvalue weighted by molar-refractivity contribution is 0.689. The lowest BCUT2D eigenvalue weighted by Crippen LogP contribution is -2.32. The Kier molecular flexibility index (Phi) is 3.60. The third kappa shape index (κ3) is 2.81. The minimum atomic E-state index is 0.768. The second-order valence-corrected chi connectivity index (χ2v) is 6.97. The van der Waals surface area contributed by atoms with E-state index in [1.165, 1.54) is 5.56 Å². The van der Waals surface area contributed by atoms with Gasteiger partial charge in [0.25, 0.3) is 0 Å². The van der Waals surface area contributed by atoms with Crippen molar-refractivity contribution in [1.82, 2.24) is 29.8 Å². The molecule has 4 aromatic heterocycles. The van der Waals surface area contributed by atoms with Crippen LogP contribution in [0.5, 0.6) is 0 Å². The summed E-state index contributed by atoms with van der Waals surface area (Å²) in [6, 6.07) is 8.38. The molecule has 0 radical (unpaired) electrons. The van der Waals surface area contributed by atoms with Crippen molar-refractivity contribution in [3.8, 4) is 11.1 Å². The third-order valence-corrected chi connectivity index (χ3v) is 5.04. The molecule has 7 heteroatoms. The molecule has 4 aromatic rings. The van der Waals surface area contributed by atoms with Crippen LogP contribution in [0, 0.1) is 13.8 Å². The fourth-order valence-electron chi connectivity index (χ4n) is 3.57. The summed E-state index contributed by atoms with van der Waals surface area (Å²) in [6.07, 6.45) is 6.40. The zero-order chi connectivity index (χ0) is 18.4. The van der Waals surface area contributed by atoms with Crippen molar-refractivity contribution in [2.24, 2.45) is 0 Å². The Hall–Kier alpha value is -3.35. The van der Waals surface area contributed by atoms with Gasteiger partial charge < -0.3 is 4.90 Å². The van der Waals surface area contributed by atoms with Gasteiger partial charge in [-0.05, 0) is 43.2 Å². The Morgan fingerprint density at radius 3 is 2.74 bits per heavy atom. The van der Waals surface area contributed by atoms with Crippen LogP contribution in [0.4, 0.5) is 5.82 Å². The smallest absolute Gasteiger partial charge is 0.177 e. The van der Waals surface area contributed by atoms with Crippen molar-refractivity contribution in [3.05, 3.63) is 65.5 Å². The number of anilines is 1. The highest BCUT2D eigenvalue weighted by Gasteiger charge is 2.21. The molecular formula is C20H19N7. The van der Waals surface area contributed by atoms with Crippen molar-refractivity contribution in [2.45, 2.75) is 26.8 Å². The van der Waals surface area contributed by atoms with E-state index in [-0.39, 0.29) is 0 Å². The Morgan fingerprint density at radius 1 is 1.00 bits per heavy atom. The summed E-state index contributed by atoms with van der Waals surface area (Å²) in [4.78, 5) is 11.4. The average Bonchev–Trinajstić information content (AvgIpc) is 3.14. The zero-order valence-electron chi connectivity index (χ0n) is 15.3. The minimum absolute atomic E-state index is 0.768. The molecule has 0 N–H and O–H groups in total. The van der Waals surface area contributed by atoms with Gasteiger partial charge in [0.15, 0.2) is 11.5 Å². The SMILES string of the molecule is Cc1ccc(-c2cnc3c(c2)CN(c2nn4cnnc4cc2C)CC3)cn1. The molecule has 7 nitrogen and oxygen atoms in total. The number of hydrogen-bond donors (Lipinski definition) is 0. The highest BCUT2D eigenvalue weighted by molar-refractivity contribution is 5.63. The monoisotopic (exact) mass is 357 g/mol. The second-order valence-electron chi connectivity index (χ2n) is 6.97. The molecular weight excluding hydrogens is 338 g/mol. The van der Waals surface area contributed by atoms with E-state index in [2.05, 4.69) is 39.1 Å². The van der Waals surface area contributed by atoms with Gasteiger partial charge in [0.05, 0.1) is 0 Å². The molecule has 0 spiro atoms. The van der Waals surface area contributed by atoms with Gasteiger partial charge in [-0.3, -0.25) is 9.97 Å². The highest BCUT2D eigenvalue weighted by atomic mass is 15.4. The molecule has 5 heterocycles. The molecule has 0 aromatic carbocycles. The number of aromatic nitrogens is 6. The van der Waals surface area contributed by atoms with Crippen molar-refractivity contribution in [3.63, 3.8) is 0 Å². The topological polar surface area (TPSA) is 72.1 Å². The number of rotatable bonds is 2. The molecule has 0 aliphatic carbocycles. The fourth-order valence-corrected chi connectivity index (χ4v) is 3.57. The van der Waals surface area contributed by atoms with E-state index >= 15 is 0 Å². The van der Waals surface area contributed by atoms with E-state index < -0.39 is 0 Å². The maximum atomic E-state index is 4.71. The summed E-state index contributed by atoms with van der Waals surface area (Å²) in [5.41, 5.74) is 7.48. The van der Waals surface area contributed by atoms with Crippen molar-refractivity contribution in [2.75, 3.05) is 11.4 Å². The van der Waals surface area contributed by atoms with E-state index in [0.717, 1.165) is 59.1 Å². The van der Waals surface area contributed by atoms with Crippen LogP contribution in [-0.2, 0) is 13.0 Å². The molecule has 0 saturated heterocycles. The maximum Gasteiger partial charge on any atom is 0.177 e. The third-order valence-electron chi connectivity index (χ3n) is 5.04. The Morgan fingerprint density at radius 2 is 1.89 bits per heavy atom. The first-order valence-electron chi connectivity index (χ1n) is 9.01. The average molecular weight is 357 g/mol. The van der Waals surface area contributed by atoms with Gasteiger partial charge in [0, 0.05) is 54.4 Å². The van der Waals surface area contributed by atoms with Gasteiger partial charge in [-0.1, -0.05) is 6.07 Å². The van der Waals surface area contributed by atoms with E-state index in [9.17, 15) is 0 Å². The molecule has 27 heavy (non-hydrogen) atoms. The number of hydrogen-bond acceptors (Lipinski definition) is 6. The summed E-state index contributed by atoms with van der Waals surface area (Å²) in [5, 5.41) is 12.7. The first-order valence-corrected chi connectivity index (χ1v) is 9.01.